The first-order chi connectivity index (χ1) is 14.5. The summed E-state index contributed by atoms with van der Waals surface area (Å²) in [5, 5.41) is 12.9. The van der Waals surface area contributed by atoms with E-state index in [2.05, 4.69) is 58.4 Å². The number of aromatic hydroxyl groups is 1. The van der Waals surface area contributed by atoms with Crippen LogP contribution in [0.15, 0.2) is 72.9 Å². The lowest BCUT2D eigenvalue weighted by Crippen LogP contribution is -2.08. The molecule has 0 bridgehead atoms. The van der Waals surface area contributed by atoms with E-state index in [0.29, 0.717) is 11.3 Å². The highest BCUT2D eigenvalue weighted by molar-refractivity contribution is 5.98. The molecule has 0 atom stereocenters. The van der Waals surface area contributed by atoms with Gasteiger partial charge in [-0.1, -0.05) is 54.6 Å². The SMILES string of the molecule is Cc1nc2c(-c3cccc4ccccc34)nc(-c3ccc(N(C)C)cc3)cn2c1O. The molecule has 5 heteroatoms. The molecular formula is C25H22N4O. The third-order valence-electron chi connectivity index (χ3n) is 5.47. The Bertz CT molecular complexity index is 1380. The van der Waals surface area contributed by atoms with Crippen molar-refractivity contribution in [3.8, 4) is 28.4 Å². The minimum absolute atomic E-state index is 0.139. The Labute approximate surface area is 174 Å². The fourth-order valence-electron chi connectivity index (χ4n) is 3.83. The van der Waals surface area contributed by atoms with Gasteiger partial charge < -0.3 is 10.0 Å². The van der Waals surface area contributed by atoms with Crippen LogP contribution in [0.25, 0.3) is 38.9 Å². The van der Waals surface area contributed by atoms with E-state index in [1.807, 2.05) is 38.5 Å². The molecule has 0 radical (unpaired) electrons. The molecule has 30 heavy (non-hydrogen) atoms. The van der Waals surface area contributed by atoms with Gasteiger partial charge in [-0.05, 0) is 29.8 Å². The highest BCUT2D eigenvalue weighted by atomic mass is 16.3. The van der Waals surface area contributed by atoms with Crippen molar-refractivity contribution in [2.24, 2.45) is 0 Å². The molecule has 0 unspecified atom stereocenters. The first-order valence-corrected chi connectivity index (χ1v) is 9.87. The maximum Gasteiger partial charge on any atom is 0.219 e. The van der Waals surface area contributed by atoms with Gasteiger partial charge in [-0.3, -0.25) is 4.40 Å². The second-order valence-electron chi connectivity index (χ2n) is 7.66. The smallest absolute Gasteiger partial charge is 0.219 e. The van der Waals surface area contributed by atoms with E-state index < -0.39 is 0 Å². The average Bonchev–Trinajstić information content (AvgIpc) is 3.06. The standard InChI is InChI=1S/C25H22N4O/c1-16-25(30)29-15-22(18-11-13-19(14-12-18)28(2)3)27-23(24(29)26-16)21-10-6-8-17-7-4-5-9-20(17)21/h4-15,30H,1-3H3. The van der Waals surface area contributed by atoms with Crippen LogP contribution in [0, 0.1) is 6.92 Å². The van der Waals surface area contributed by atoms with Crippen molar-refractivity contribution in [2.45, 2.75) is 6.92 Å². The Morgan fingerprint density at radius 3 is 2.37 bits per heavy atom. The summed E-state index contributed by atoms with van der Waals surface area (Å²) in [7, 11) is 4.04. The molecule has 2 heterocycles. The molecule has 2 aromatic heterocycles. The van der Waals surface area contributed by atoms with Crippen molar-refractivity contribution < 1.29 is 5.11 Å². The van der Waals surface area contributed by atoms with Crippen molar-refractivity contribution in [3.63, 3.8) is 0 Å². The van der Waals surface area contributed by atoms with E-state index in [1.54, 1.807) is 11.3 Å². The molecule has 0 saturated heterocycles. The van der Waals surface area contributed by atoms with Crippen molar-refractivity contribution >= 4 is 22.1 Å². The summed E-state index contributed by atoms with van der Waals surface area (Å²) in [6.45, 7) is 1.81. The Morgan fingerprint density at radius 1 is 0.867 bits per heavy atom. The van der Waals surface area contributed by atoms with E-state index >= 15 is 0 Å². The first kappa shape index (κ1) is 18.2. The van der Waals surface area contributed by atoms with E-state index in [4.69, 9.17) is 4.98 Å². The average molecular weight is 394 g/mol. The highest BCUT2D eigenvalue weighted by Gasteiger charge is 2.18. The molecule has 0 aliphatic carbocycles. The van der Waals surface area contributed by atoms with E-state index in [0.717, 1.165) is 39.0 Å². The molecule has 0 saturated carbocycles. The van der Waals surface area contributed by atoms with Gasteiger partial charge in [0, 0.05) is 37.1 Å². The second kappa shape index (κ2) is 6.88. The first-order valence-electron chi connectivity index (χ1n) is 9.87. The molecular weight excluding hydrogens is 372 g/mol. The van der Waals surface area contributed by atoms with Gasteiger partial charge in [0.05, 0.1) is 5.69 Å². The third kappa shape index (κ3) is 2.87. The molecule has 3 aromatic carbocycles. The number of anilines is 1. The number of imidazole rings is 1. The lowest BCUT2D eigenvalue weighted by Gasteiger charge is -2.13. The summed E-state index contributed by atoms with van der Waals surface area (Å²) in [4.78, 5) is 11.7. The molecule has 0 aliphatic rings. The summed E-state index contributed by atoms with van der Waals surface area (Å²) in [6, 6.07) is 22.7. The predicted molar refractivity (Wildman–Crippen MR) is 122 cm³/mol. The van der Waals surface area contributed by atoms with Crippen molar-refractivity contribution in [3.05, 3.63) is 78.6 Å². The maximum atomic E-state index is 10.6. The Hall–Kier alpha value is -3.86. The fraction of sp³-hybridized carbons (Fsp3) is 0.120. The number of aryl methyl sites for hydroxylation is 1. The van der Waals surface area contributed by atoms with Gasteiger partial charge in [-0.25, -0.2) is 9.97 Å². The summed E-state index contributed by atoms with van der Waals surface area (Å²) in [5.41, 5.74) is 5.86. The van der Waals surface area contributed by atoms with Crippen LogP contribution >= 0.6 is 0 Å². The summed E-state index contributed by atoms with van der Waals surface area (Å²) >= 11 is 0. The van der Waals surface area contributed by atoms with Gasteiger partial charge >= 0.3 is 0 Å². The largest absolute Gasteiger partial charge is 0.493 e. The Morgan fingerprint density at radius 2 is 1.60 bits per heavy atom. The molecule has 148 valence electrons. The van der Waals surface area contributed by atoms with E-state index in [1.165, 1.54) is 0 Å². The molecule has 1 N–H and O–H groups in total. The minimum Gasteiger partial charge on any atom is -0.493 e. The zero-order chi connectivity index (χ0) is 20.8. The highest BCUT2D eigenvalue weighted by Crippen LogP contribution is 2.34. The third-order valence-corrected chi connectivity index (χ3v) is 5.47. The molecule has 0 spiro atoms. The van der Waals surface area contributed by atoms with Gasteiger partial charge in [0.25, 0.3) is 0 Å². The summed E-state index contributed by atoms with van der Waals surface area (Å²) < 4.78 is 1.73. The van der Waals surface area contributed by atoms with Gasteiger partial charge in [-0.2, -0.15) is 0 Å². The van der Waals surface area contributed by atoms with Crippen LogP contribution in [0.2, 0.25) is 0 Å². The molecule has 0 fully saturated rings. The number of benzene rings is 3. The fourth-order valence-corrected chi connectivity index (χ4v) is 3.83. The summed E-state index contributed by atoms with van der Waals surface area (Å²) in [6.07, 6.45) is 1.85. The molecule has 0 aliphatic heterocycles. The number of aromatic nitrogens is 3. The zero-order valence-electron chi connectivity index (χ0n) is 17.2. The summed E-state index contributed by atoms with van der Waals surface area (Å²) in [5.74, 6) is 0.139. The van der Waals surface area contributed by atoms with Crippen molar-refractivity contribution in [1.82, 2.24) is 14.4 Å². The van der Waals surface area contributed by atoms with Gasteiger partial charge in [-0.15, -0.1) is 0 Å². The molecule has 5 rings (SSSR count). The lowest BCUT2D eigenvalue weighted by molar-refractivity contribution is 0.444. The monoisotopic (exact) mass is 394 g/mol. The Balaban J connectivity index is 1.80. The van der Waals surface area contributed by atoms with Crippen LogP contribution in [-0.2, 0) is 0 Å². The van der Waals surface area contributed by atoms with Gasteiger partial charge in [0.2, 0.25) is 5.88 Å². The topological polar surface area (TPSA) is 53.7 Å². The number of nitrogens with zero attached hydrogens (tertiary/aromatic N) is 4. The quantitative estimate of drug-likeness (QED) is 0.451. The molecule has 5 nitrogen and oxygen atoms in total. The number of hydrogen-bond donors (Lipinski definition) is 1. The zero-order valence-corrected chi connectivity index (χ0v) is 17.2. The number of hydrogen-bond acceptors (Lipinski definition) is 4. The van der Waals surface area contributed by atoms with Gasteiger partial charge in [0.1, 0.15) is 11.4 Å². The normalized spacial score (nSPS) is 11.3. The van der Waals surface area contributed by atoms with Gasteiger partial charge in [0.15, 0.2) is 5.65 Å². The van der Waals surface area contributed by atoms with Crippen LogP contribution in [0.5, 0.6) is 5.88 Å². The van der Waals surface area contributed by atoms with Crippen LogP contribution in [0.4, 0.5) is 5.69 Å². The van der Waals surface area contributed by atoms with E-state index in [-0.39, 0.29) is 5.88 Å². The number of rotatable bonds is 3. The van der Waals surface area contributed by atoms with Crippen molar-refractivity contribution in [2.75, 3.05) is 19.0 Å². The van der Waals surface area contributed by atoms with Crippen LogP contribution in [-0.4, -0.2) is 33.6 Å². The van der Waals surface area contributed by atoms with Crippen molar-refractivity contribution in [1.29, 1.82) is 0 Å². The Kier molecular flexibility index (Phi) is 4.17. The lowest BCUT2D eigenvalue weighted by atomic mass is 10.0. The second-order valence-corrected chi connectivity index (χ2v) is 7.66. The maximum absolute atomic E-state index is 10.6. The molecule has 0 amide bonds. The van der Waals surface area contributed by atoms with Crippen LogP contribution in [0.1, 0.15) is 5.69 Å². The van der Waals surface area contributed by atoms with Crippen LogP contribution in [0.3, 0.4) is 0 Å². The predicted octanol–water partition coefficient (Wildman–Crippen LogP) is 5.30. The minimum atomic E-state index is 0.139. The molecule has 5 aromatic rings. The van der Waals surface area contributed by atoms with E-state index in [9.17, 15) is 5.11 Å². The van der Waals surface area contributed by atoms with Crippen LogP contribution < -0.4 is 4.90 Å². The number of fused-ring (bicyclic) bond motifs is 2.